The number of carbonyl (C=O) groups is 1. The monoisotopic (exact) mass is 342 g/mol. The van der Waals surface area contributed by atoms with Crippen molar-refractivity contribution in [1.82, 2.24) is 9.78 Å². The first-order chi connectivity index (χ1) is 12.6. The number of hydrogen-bond acceptors (Lipinski definition) is 3. The first-order valence-electron chi connectivity index (χ1n) is 8.42. The molecule has 1 aromatic heterocycles. The largest absolute Gasteiger partial charge is 0.280 e. The van der Waals surface area contributed by atoms with E-state index in [1.807, 2.05) is 91.5 Å². The predicted molar refractivity (Wildman–Crippen MR) is 103 cm³/mol. The molecular formula is C21H18N4O. The molecule has 0 unspecified atom stereocenters. The van der Waals surface area contributed by atoms with E-state index in [1.165, 1.54) is 5.01 Å². The van der Waals surface area contributed by atoms with Crippen molar-refractivity contribution in [2.24, 2.45) is 5.10 Å². The molecule has 128 valence electrons. The lowest BCUT2D eigenvalue weighted by Gasteiger charge is -2.10. The molecule has 1 aliphatic heterocycles. The average Bonchev–Trinajstić information content (AvgIpc) is 3.18. The van der Waals surface area contributed by atoms with Gasteiger partial charge in [-0.3, -0.25) is 4.79 Å². The quantitative estimate of drug-likeness (QED) is 0.676. The number of amides is 1. The molecule has 0 spiro atoms. The molecule has 0 saturated carbocycles. The summed E-state index contributed by atoms with van der Waals surface area (Å²) in [4.78, 5) is 12.8. The van der Waals surface area contributed by atoms with Crippen molar-refractivity contribution in [1.29, 1.82) is 0 Å². The summed E-state index contributed by atoms with van der Waals surface area (Å²) < 4.78 is 1.82. The van der Waals surface area contributed by atoms with Crippen LogP contribution in [0.4, 0.5) is 5.69 Å². The van der Waals surface area contributed by atoms with Crippen LogP contribution in [0.2, 0.25) is 0 Å². The number of aromatic nitrogens is 2. The Bertz CT molecular complexity index is 1020. The van der Waals surface area contributed by atoms with E-state index in [0.717, 1.165) is 22.6 Å². The molecule has 2 aromatic carbocycles. The number of hydrogen-bond donors (Lipinski definition) is 0. The van der Waals surface area contributed by atoms with Crippen LogP contribution in [0, 0.1) is 6.92 Å². The topological polar surface area (TPSA) is 50.5 Å². The molecule has 0 N–H and O–H groups in total. The fourth-order valence-electron chi connectivity index (χ4n) is 2.91. The van der Waals surface area contributed by atoms with E-state index in [-0.39, 0.29) is 5.91 Å². The SMILES string of the molecule is CC1=NN(c2ccccc2)C(=O)/C1=C\c1cn(-c2ccccc2)nc1C. The molecule has 0 saturated heterocycles. The Hall–Kier alpha value is -3.47. The van der Waals surface area contributed by atoms with E-state index in [9.17, 15) is 4.79 Å². The van der Waals surface area contributed by atoms with Crippen LogP contribution in [-0.2, 0) is 4.79 Å². The summed E-state index contributed by atoms with van der Waals surface area (Å²) in [5, 5.41) is 10.4. The Balaban J connectivity index is 1.68. The molecule has 0 fully saturated rings. The van der Waals surface area contributed by atoms with E-state index in [0.29, 0.717) is 11.3 Å². The second kappa shape index (κ2) is 6.44. The van der Waals surface area contributed by atoms with E-state index >= 15 is 0 Å². The number of carbonyl (C=O) groups excluding carboxylic acids is 1. The zero-order chi connectivity index (χ0) is 18.1. The molecule has 4 rings (SSSR count). The van der Waals surface area contributed by atoms with Crippen molar-refractivity contribution < 1.29 is 4.79 Å². The van der Waals surface area contributed by atoms with Gasteiger partial charge in [-0.15, -0.1) is 0 Å². The first-order valence-corrected chi connectivity index (χ1v) is 8.42. The smallest absolute Gasteiger partial charge is 0.267 e. The summed E-state index contributed by atoms with van der Waals surface area (Å²) in [6.45, 7) is 3.79. The fourth-order valence-corrected chi connectivity index (χ4v) is 2.91. The molecule has 2 heterocycles. The zero-order valence-corrected chi connectivity index (χ0v) is 14.6. The summed E-state index contributed by atoms with van der Waals surface area (Å²) in [7, 11) is 0. The van der Waals surface area contributed by atoms with Gasteiger partial charge in [0.05, 0.1) is 28.4 Å². The van der Waals surface area contributed by atoms with Gasteiger partial charge in [-0.2, -0.15) is 15.2 Å². The number of hydrazone groups is 1. The van der Waals surface area contributed by atoms with Crippen molar-refractivity contribution in [2.75, 3.05) is 5.01 Å². The minimum Gasteiger partial charge on any atom is -0.267 e. The van der Waals surface area contributed by atoms with Gasteiger partial charge in [0, 0.05) is 11.8 Å². The van der Waals surface area contributed by atoms with Crippen LogP contribution < -0.4 is 5.01 Å². The zero-order valence-electron chi connectivity index (χ0n) is 14.6. The van der Waals surface area contributed by atoms with E-state index < -0.39 is 0 Å². The Labute approximate surface area is 151 Å². The molecule has 1 aliphatic rings. The maximum absolute atomic E-state index is 12.8. The number of para-hydroxylation sites is 2. The Morgan fingerprint density at radius 1 is 0.885 bits per heavy atom. The van der Waals surface area contributed by atoms with Crippen LogP contribution in [0.3, 0.4) is 0 Å². The maximum Gasteiger partial charge on any atom is 0.280 e. The lowest BCUT2D eigenvalue weighted by molar-refractivity contribution is -0.114. The number of rotatable bonds is 3. The first kappa shape index (κ1) is 16.0. The van der Waals surface area contributed by atoms with Crippen molar-refractivity contribution in [3.63, 3.8) is 0 Å². The van der Waals surface area contributed by atoms with Crippen LogP contribution in [0.25, 0.3) is 11.8 Å². The standard InChI is InChI=1S/C21H18N4O/c1-15-17(14-24(22-15)18-9-5-3-6-10-18)13-20-16(2)23-25(21(20)26)19-11-7-4-8-12-19/h3-14H,1-2H3/b20-13-. The van der Waals surface area contributed by atoms with Gasteiger partial charge in [-0.1, -0.05) is 36.4 Å². The van der Waals surface area contributed by atoms with Crippen LogP contribution in [0.5, 0.6) is 0 Å². The maximum atomic E-state index is 12.8. The highest BCUT2D eigenvalue weighted by Crippen LogP contribution is 2.25. The summed E-state index contributed by atoms with van der Waals surface area (Å²) in [5.74, 6) is -0.124. The summed E-state index contributed by atoms with van der Waals surface area (Å²) in [6, 6.07) is 19.3. The predicted octanol–water partition coefficient (Wildman–Crippen LogP) is 3.99. The van der Waals surface area contributed by atoms with Crippen molar-refractivity contribution in [2.45, 2.75) is 13.8 Å². The van der Waals surface area contributed by atoms with Crippen LogP contribution in [0.1, 0.15) is 18.2 Å². The Morgan fingerprint density at radius 2 is 1.50 bits per heavy atom. The highest BCUT2D eigenvalue weighted by molar-refractivity contribution is 6.32. The molecule has 0 bridgehead atoms. The van der Waals surface area contributed by atoms with E-state index in [4.69, 9.17) is 0 Å². The molecule has 26 heavy (non-hydrogen) atoms. The van der Waals surface area contributed by atoms with Gasteiger partial charge in [0.1, 0.15) is 0 Å². The molecule has 5 heteroatoms. The highest BCUT2D eigenvalue weighted by Gasteiger charge is 2.28. The van der Waals surface area contributed by atoms with Gasteiger partial charge in [-0.05, 0) is 44.2 Å². The minimum atomic E-state index is -0.124. The second-order valence-corrected chi connectivity index (χ2v) is 6.15. The summed E-state index contributed by atoms with van der Waals surface area (Å²) >= 11 is 0. The van der Waals surface area contributed by atoms with E-state index in [2.05, 4.69) is 10.2 Å². The lowest BCUT2D eigenvalue weighted by atomic mass is 10.1. The van der Waals surface area contributed by atoms with Crippen LogP contribution >= 0.6 is 0 Å². The van der Waals surface area contributed by atoms with Crippen LogP contribution in [-0.4, -0.2) is 21.4 Å². The van der Waals surface area contributed by atoms with Gasteiger partial charge in [0.15, 0.2) is 0 Å². The third-order valence-corrected chi connectivity index (χ3v) is 4.32. The van der Waals surface area contributed by atoms with Crippen molar-refractivity contribution >= 4 is 23.4 Å². The van der Waals surface area contributed by atoms with Crippen molar-refractivity contribution in [3.8, 4) is 5.69 Å². The normalized spacial score (nSPS) is 15.6. The highest BCUT2D eigenvalue weighted by atomic mass is 16.2. The molecule has 0 aliphatic carbocycles. The third kappa shape index (κ3) is 2.84. The van der Waals surface area contributed by atoms with Gasteiger partial charge in [-0.25, -0.2) is 4.68 Å². The number of nitrogens with zero attached hydrogens (tertiary/aromatic N) is 4. The summed E-state index contributed by atoms with van der Waals surface area (Å²) in [5.41, 5.74) is 4.79. The number of anilines is 1. The molecular weight excluding hydrogens is 324 g/mol. The second-order valence-electron chi connectivity index (χ2n) is 6.15. The summed E-state index contributed by atoms with van der Waals surface area (Å²) in [6.07, 6.45) is 3.80. The fraction of sp³-hybridized carbons (Fsp3) is 0.0952. The average molecular weight is 342 g/mol. The minimum absolute atomic E-state index is 0.124. The Kier molecular flexibility index (Phi) is 3.97. The van der Waals surface area contributed by atoms with Crippen molar-refractivity contribution in [3.05, 3.63) is 83.7 Å². The lowest BCUT2D eigenvalue weighted by Crippen LogP contribution is -2.21. The molecule has 0 radical (unpaired) electrons. The molecule has 5 nitrogen and oxygen atoms in total. The molecule has 0 atom stereocenters. The number of aryl methyl sites for hydroxylation is 1. The Morgan fingerprint density at radius 3 is 2.15 bits per heavy atom. The van der Waals surface area contributed by atoms with Gasteiger partial charge in [0.25, 0.3) is 5.91 Å². The van der Waals surface area contributed by atoms with Gasteiger partial charge in [0.2, 0.25) is 0 Å². The van der Waals surface area contributed by atoms with Gasteiger partial charge >= 0.3 is 0 Å². The molecule has 1 amide bonds. The number of benzene rings is 2. The van der Waals surface area contributed by atoms with Crippen LogP contribution in [0.15, 0.2) is 77.5 Å². The van der Waals surface area contributed by atoms with E-state index in [1.54, 1.807) is 0 Å². The molecule has 3 aromatic rings. The third-order valence-electron chi connectivity index (χ3n) is 4.32. The van der Waals surface area contributed by atoms with Gasteiger partial charge < -0.3 is 0 Å².